The molecule has 1 aromatic carbocycles. The summed E-state index contributed by atoms with van der Waals surface area (Å²) in [5.41, 5.74) is 1.26. The van der Waals surface area contributed by atoms with Gasteiger partial charge in [-0.15, -0.1) is 0 Å². The zero-order valence-corrected chi connectivity index (χ0v) is 12.8. The van der Waals surface area contributed by atoms with Crippen molar-refractivity contribution in [1.82, 2.24) is 9.36 Å². The highest BCUT2D eigenvalue weighted by Crippen LogP contribution is 2.33. The fourth-order valence-corrected chi connectivity index (χ4v) is 3.31. The molecule has 90 valence electrons. The molecule has 0 unspecified atom stereocenters. The van der Waals surface area contributed by atoms with Crippen LogP contribution < -0.4 is 5.56 Å². The predicted octanol–water partition coefficient (Wildman–Crippen LogP) is 3.62. The second-order valence-corrected chi connectivity index (χ2v) is 6.91. The molecule has 0 radical (unpaired) electrons. The number of benzene rings is 1. The second-order valence-electron chi connectivity index (χ2n) is 3.48. The van der Waals surface area contributed by atoms with Crippen LogP contribution in [0.15, 0.2) is 35.1 Å². The maximum absolute atomic E-state index is 12.1. The van der Waals surface area contributed by atoms with Gasteiger partial charge in [0.1, 0.15) is 8.76 Å². The van der Waals surface area contributed by atoms with Gasteiger partial charge < -0.3 is 0 Å². The van der Waals surface area contributed by atoms with E-state index in [1.54, 1.807) is 11.7 Å². The largest absolute Gasteiger partial charge is 0.290 e. The van der Waals surface area contributed by atoms with Gasteiger partial charge in [-0.25, -0.2) is 4.68 Å². The molecule has 2 rings (SSSR count). The van der Waals surface area contributed by atoms with Gasteiger partial charge in [-0.3, -0.25) is 9.48 Å². The summed E-state index contributed by atoms with van der Waals surface area (Å²) in [7, 11) is 1.80. The SMILES string of the molecule is Cn1c(C(Br)Br)c(Cl)c(=O)n1-c1ccccc1. The van der Waals surface area contributed by atoms with Crippen LogP contribution >= 0.6 is 43.5 Å². The average Bonchev–Trinajstić information content (AvgIpc) is 2.51. The summed E-state index contributed by atoms with van der Waals surface area (Å²) in [6.07, 6.45) is 0. The van der Waals surface area contributed by atoms with Gasteiger partial charge in [0.05, 0.1) is 11.4 Å². The van der Waals surface area contributed by atoms with Crippen LogP contribution in [0.3, 0.4) is 0 Å². The van der Waals surface area contributed by atoms with Gasteiger partial charge in [0.25, 0.3) is 5.56 Å². The summed E-state index contributed by atoms with van der Waals surface area (Å²) in [5, 5.41) is 0.218. The van der Waals surface area contributed by atoms with Gasteiger partial charge in [-0.05, 0) is 12.1 Å². The van der Waals surface area contributed by atoms with Gasteiger partial charge in [0.2, 0.25) is 0 Å². The van der Waals surface area contributed by atoms with Crippen molar-refractivity contribution in [2.75, 3.05) is 0 Å². The first-order chi connectivity index (χ1) is 8.04. The van der Waals surface area contributed by atoms with Gasteiger partial charge in [-0.2, -0.15) is 0 Å². The minimum absolute atomic E-state index is 0.162. The highest BCUT2D eigenvalue weighted by Gasteiger charge is 2.20. The van der Waals surface area contributed by atoms with E-state index in [2.05, 4.69) is 31.9 Å². The lowest BCUT2D eigenvalue weighted by molar-refractivity contribution is 0.628. The summed E-state index contributed by atoms with van der Waals surface area (Å²) in [5.74, 6) is 0. The Bertz CT molecular complexity index is 590. The Labute approximate surface area is 120 Å². The zero-order chi connectivity index (χ0) is 12.6. The summed E-state index contributed by atoms with van der Waals surface area (Å²) in [4.78, 5) is 12.1. The third-order valence-corrected chi connectivity index (χ3v) is 3.68. The Morgan fingerprint density at radius 3 is 2.29 bits per heavy atom. The molecule has 0 amide bonds. The molecule has 0 aliphatic rings. The topological polar surface area (TPSA) is 26.9 Å². The first-order valence-corrected chi connectivity index (χ1v) is 7.06. The van der Waals surface area contributed by atoms with E-state index in [0.717, 1.165) is 5.69 Å². The van der Waals surface area contributed by atoms with Crippen molar-refractivity contribution in [2.45, 2.75) is 3.74 Å². The van der Waals surface area contributed by atoms with Crippen molar-refractivity contribution in [3.63, 3.8) is 0 Å². The number of alkyl halides is 2. The van der Waals surface area contributed by atoms with Crippen molar-refractivity contribution < 1.29 is 0 Å². The van der Waals surface area contributed by atoms with Gasteiger partial charge in [0, 0.05) is 7.05 Å². The van der Waals surface area contributed by atoms with E-state index in [-0.39, 0.29) is 14.3 Å². The molecule has 1 aromatic heterocycles. The van der Waals surface area contributed by atoms with E-state index in [1.165, 1.54) is 4.68 Å². The quantitative estimate of drug-likeness (QED) is 0.731. The standard InChI is InChI=1S/C11H9Br2ClN2O/c1-15-9(10(12)13)8(14)11(17)16(15)7-5-3-2-4-6-7/h2-6,10H,1H3. The number of halogens is 3. The number of hydrogen-bond donors (Lipinski definition) is 0. The van der Waals surface area contributed by atoms with Crippen molar-refractivity contribution in [3.05, 3.63) is 51.4 Å². The number of para-hydroxylation sites is 1. The van der Waals surface area contributed by atoms with E-state index < -0.39 is 0 Å². The van der Waals surface area contributed by atoms with Crippen LogP contribution in [0.4, 0.5) is 0 Å². The molecule has 17 heavy (non-hydrogen) atoms. The van der Waals surface area contributed by atoms with Crippen LogP contribution in [-0.2, 0) is 7.05 Å². The second kappa shape index (κ2) is 5.00. The highest BCUT2D eigenvalue weighted by molar-refractivity contribution is 9.24. The molecule has 0 atom stereocenters. The van der Waals surface area contributed by atoms with Crippen molar-refractivity contribution in [3.8, 4) is 5.69 Å². The number of aromatic nitrogens is 2. The minimum atomic E-state index is -0.223. The molecule has 1 heterocycles. The number of rotatable bonds is 2. The normalized spacial score (nSPS) is 11.1. The Morgan fingerprint density at radius 2 is 1.82 bits per heavy atom. The van der Waals surface area contributed by atoms with Crippen molar-refractivity contribution in [2.24, 2.45) is 7.05 Å². The third kappa shape index (κ3) is 2.23. The average molecular weight is 380 g/mol. The summed E-state index contributed by atoms with van der Waals surface area (Å²) in [6, 6.07) is 9.37. The first-order valence-electron chi connectivity index (χ1n) is 4.85. The fourth-order valence-electron chi connectivity index (χ4n) is 1.69. The molecule has 0 aliphatic heterocycles. The Hall–Kier alpha value is -0.520. The van der Waals surface area contributed by atoms with Crippen LogP contribution in [0.1, 0.15) is 9.43 Å². The molecule has 0 saturated heterocycles. The van der Waals surface area contributed by atoms with E-state index in [1.807, 2.05) is 30.3 Å². The Balaban J connectivity index is 2.73. The highest BCUT2D eigenvalue weighted by atomic mass is 79.9. The molecule has 0 bridgehead atoms. The lowest BCUT2D eigenvalue weighted by atomic mass is 10.3. The van der Waals surface area contributed by atoms with Crippen LogP contribution in [0.25, 0.3) is 5.69 Å². The number of hydrogen-bond acceptors (Lipinski definition) is 1. The lowest BCUT2D eigenvalue weighted by Crippen LogP contribution is -2.19. The van der Waals surface area contributed by atoms with Crippen LogP contribution in [0, 0.1) is 0 Å². The molecule has 0 aliphatic carbocycles. The van der Waals surface area contributed by atoms with Crippen LogP contribution in [0.2, 0.25) is 5.02 Å². The van der Waals surface area contributed by atoms with E-state index in [0.29, 0.717) is 5.69 Å². The van der Waals surface area contributed by atoms with E-state index >= 15 is 0 Å². The maximum Gasteiger partial charge on any atom is 0.290 e. The lowest BCUT2D eigenvalue weighted by Gasteiger charge is -2.10. The Kier molecular flexibility index (Phi) is 3.80. The van der Waals surface area contributed by atoms with Gasteiger partial charge >= 0.3 is 0 Å². The molecular formula is C11H9Br2ClN2O. The molecule has 2 aromatic rings. The summed E-state index contributed by atoms with van der Waals surface area (Å²) < 4.78 is 3.10. The molecule has 0 saturated carbocycles. The maximum atomic E-state index is 12.1. The van der Waals surface area contributed by atoms with Gasteiger partial charge in [0.15, 0.2) is 0 Å². The van der Waals surface area contributed by atoms with Crippen molar-refractivity contribution >= 4 is 43.5 Å². The Morgan fingerprint density at radius 1 is 1.24 bits per heavy atom. The third-order valence-electron chi connectivity index (χ3n) is 2.46. The van der Waals surface area contributed by atoms with E-state index in [4.69, 9.17) is 11.6 Å². The predicted molar refractivity (Wildman–Crippen MR) is 76.6 cm³/mol. The van der Waals surface area contributed by atoms with Crippen molar-refractivity contribution in [1.29, 1.82) is 0 Å². The van der Waals surface area contributed by atoms with E-state index in [9.17, 15) is 4.79 Å². The van der Waals surface area contributed by atoms with Crippen LogP contribution in [-0.4, -0.2) is 9.36 Å². The summed E-state index contributed by atoms with van der Waals surface area (Å²) in [6.45, 7) is 0. The first kappa shape index (κ1) is 12.9. The minimum Gasteiger partial charge on any atom is -0.281 e. The molecule has 3 nitrogen and oxygen atoms in total. The van der Waals surface area contributed by atoms with Crippen LogP contribution in [0.5, 0.6) is 0 Å². The summed E-state index contributed by atoms with van der Waals surface area (Å²) >= 11 is 12.8. The molecule has 0 spiro atoms. The van der Waals surface area contributed by atoms with Gasteiger partial charge in [-0.1, -0.05) is 61.7 Å². The zero-order valence-electron chi connectivity index (χ0n) is 8.90. The smallest absolute Gasteiger partial charge is 0.281 e. The molecule has 0 N–H and O–H groups in total. The molecular weight excluding hydrogens is 371 g/mol. The molecule has 6 heteroatoms. The number of nitrogens with zero attached hydrogens (tertiary/aromatic N) is 2. The molecule has 0 fully saturated rings. The fraction of sp³-hybridized carbons (Fsp3) is 0.182. The monoisotopic (exact) mass is 378 g/mol.